The third kappa shape index (κ3) is 4.60. The van der Waals surface area contributed by atoms with E-state index in [4.69, 9.17) is 14.2 Å². The Morgan fingerprint density at radius 3 is 2.11 bits per heavy atom. The molecule has 0 saturated heterocycles. The van der Waals surface area contributed by atoms with E-state index in [1.807, 2.05) is 30.3 Å². The van der Waals surface area contributed by atoms with Crippen LogP contribution < -0.4 is 14.2 Å². The van der Waals surface area contributed by atoms with E-state index in [1.165, 1.54) is 5.56 Å². The van der Waals surface area contributed by atoms with Crippen molar-refractivity contribution in [1.29, 1.82) is 0 Å². The predicted molar refractivity (Wildman–Crippen MR) is 106 cm³/mol. The smallest absolute Gasteiger partial charge is 0.128 e. The lowest BCUT2D eigenvalue weighted by Gasteiger charge is -2.16. The molecule has 0 amide bonds. The molecule has 1 N–H and O–H groups in total. The number of methoxy groups -OCH3 is 2. The van der Waals surface area contributed by atoms with Crippen LogP contribution in [0.15, 0.2) is 66.7 Å². The van der Waals surface area contributed by atoms with Crippen LogP contribution in [0.3, 0.4) is 0 Å². The van der Waals surface area contributed by atoms with Gasteiger partial charge in [-0.25, -0.2) is 0 Å². The third-order valence-electron chi connectivity index (χ3n) is 4.46. The van der Waals surface area contributed by atoms with Gasteiger partial charge in [0.25, 0.3) is 0 Å². The van der Waals surface area contributed by atoms with E-state index in [0.29, 0.717) is 23.7 Å². The standard InChI is InChI=1S/C23H24O4/c1-16-4-6-17(7-5-16)15-27-19-10-8-18(9-11-19)23(24)21-13-12-20(25-2)14-22(21)26-3/h4-14,23-24H,15H2,1-3H3. The van der Waals surface area contributed by atoms with Crippen LogP contribution in [0.4, 0.5) is 0 Å². The second kappa shape index (κ2) is 8.60. The third-order valence-corrected chi connectivity index (χ3v) is 4.46. The highest BCUT2D eigenvalue weighted by molar-refractivity contribution is 5.45. The summed E-state index contributed by atoms with van der Waals surface area (Å²) in [4.78, 5) is 0. The second-order valence-corrected chi connectivity index (χ2v) is 6.35. The van der Waals surface area contributed by atoms with Crippen LogP contribution in [0.2, 0.25) is 0 Å². The van der Waals surface area contributed by atoms with Crippen LogP contribution in [0.5, 0.6) is 17.2 Å². The van der Waals surface area contributed by atoms with Crippen molar-refractivity contribution >= 4 is 0 Å². The minimum Gasteiger partial charge on any atom is -0.497 e. The van der Waals surface area contributed by atoms with Crippen molar-refractivity contribution in [1.82, 2.24) is 0 Å². The van der Waals surface area contributed by atoms with E-state index in [2.05, 4.69) is 31.2 Å². The number of hydrogen-bond acceptors (Lipinski definition) is 4. The average molecular weight is 364 g/mol. The van der Waals surface area contributed by atoms with Crippen molar-refractivity contribution in [3.05, 3.63) is 89.0 Å². The first-order valence-corrected chi connectivity index (χ1v) is 8.79. The van der Waals surface area contributed by atoms with Gasteiger partial charge in [0, 0.05) is 11.6 Å². The highest BCUT2D eigenvalue weighted by atomic mass is 16.5. The second-order valence-electron chi connectivity index (χ2n) is 6.35. The van der Waals surface area contributed by atoms with Gasteiger partial charge in [-0.05, 0) is 42.3 Å². The lowest BCUT2D eigenvalue weighted by atomic mass is 10.0. The molecule has 0 aliphatic heterocycles. The van der Waals surface area contributed by atoms with Crippen LogP contribution in [0.25, 0.3) is 0 Å². The number of aliphatic hydroxyl groups is 1. The number of hydrogen-bond donors (Lipinski definition) is 1. The summed E-state index contributed by atoms with van der Waals surface area (Å²) >= 11 is 0. The molecule has 1 atom stereocenters. The maximum Gasteiger partial charge on any atom is 0.128 e. The maximum atomic E-state index is 10.7. The summed E-state index contributed by atoms with van der Waals surface area (Å²) in [6, 6.07) is 21.1. The molecular weight excluding hydrogens is 340 g/mol. The van der Waals surface area contributed by atoms with E-state index in [9.17, 15) is 5.11 Å². The molecule has 0 saturated carbocycles. The molecule has 1 unspecified atom stereocenters. The first-order valence-electron chi connectivity index (χ1n) is 8.79. The van der Waals surface area contributed by atoms with Crippen molar-refractivity contribution in [3.8, 4) is 17.2 Å². The summed E-state index contributed by atoms with van der Waals surface area (Å²) in [6.07, 6.45) is -0.794. The Morgan fingerprint density at radius 1 is 0.815 bits per heavy atom. The van der Waals surface area contributed by atoms with Gasteiger partial charge in [-0.15, -0.1) is 0 Å². The van der Waals surface area contributed by atoms with Crippen LogP contribution in [-0.2, 0) is 6.61 Å². The molecule has 140 valence electrons. The van der Waals surface area contributed by atoms with Gasteiger partial charge in [0.1, 0.15) is 30.0 Å². The Morgan fingerprint density at radius 2 is 1.48 bits per heavy atom. The van der Waals surface area contributed by atoms with E-state index in [-0.39, 0.29) is 0 Å². The van der Waals surface area contributed by atoms with Crippen LogP contribution >= 0.6 is 0 Å². The lowest BCUT2D eigenvalue weighted by molar-refractivity contribution is 0.214. The summed E-state index contributed by atoms with van der Waals surface area (Å²) in [6.45, 7) is 2.57. The summed E-state index contributed by atoms with van der Waals surface area (Å²) in [5, 5.41) is 10.7. The number of rotatable bonds is 7. The summed E-state index contributed by atoms with van der Waals surface area (Å²) < 4.78 is 16.4. The topological polar surface area (TPSA) is 47.9 Å². The molecule has 0 heterocycles. The normalized spacial score (nSPS) is 11.7. The van der Waals surface area contributed by atoms with E-state index >= 15 is 0 Å². The van der Waals surface area contributed by atoms with Crippen LogP contribution in [0.1, 0.15) is 28.4 Å². The average Bonchev–Trinajstić information content (AvgIpc) is 2.72. The summed E-state index contributed by atoms with van der Waals surface area (Å²) in [5.74, 6) is 2.03. The largest absolute Gasteiger partial charge is 0.497 e. The number of aryl methyl sites for hydroxylation is 1. The monoisotopic (exact) mass is 364 g/mol. The van der Waals surface area contributed by atoms with Crippen molar-refractivity contribution in [2.75, 3.05) is 14.2 Å². The van der Waals surface area contributed by atoms with Crippen molar-refractivity contribution in [3.63, 3.8) is 0 Å². The molecule has 27 heavy (non-hydrogen) atoms. The van der Waals surface area contributed by atoms with Crippen LogP contribution in [0, 0.1) is 6.92 Å². The fourth-order valence-electron chi connectivity index (χ4n) is 2.82. The van der Waals surface area contributed by atoms with Crippen molar-refractivity contribution in [2.45, 2.75) is 19.6 Å². The minimum atomic E-state index is -0.794. The quantitative estimate of drug-likeness (QED) is 0.662. The van der Waals surface area contributed by atoms with Gasteiger partial charge in [0.05, 0.1) is 14.2 Å². The lowest BCUT2D eigenvalue weighted by Crippen LogP contribution is -2.03. The van der Waals surface area contributed by atoms with Gasteiger partial charge in [-0.3, -0.25) is 0 Å². The predicted octanol–water partition coefficient (Wildman–Crippen LogP) is 4.67. The van der Waals surface area contributed by atoms with Gasteiger partial charge in [0.15, 0.2) is 0 Å². The van der Waals surface area contributed by atoms with Crippen molar-refractivity contribution < 1.29 is 19.3 Å². The van der Waals surface area contributed by atoms with Gasteiger partial charge in [-0.2, -0.15) is 0 Å². The number of benzene rings is 3. The first kappa shape index (κ1) is 18.8. The Labute approximate surface area is 160 Å². The Balaban J connectivity index is 1.70. The zero-order valence-electron chi connectivity index (χ0n) is 15.8. The van der Waals surface area contributed by atoms with Gasteiger partial charge < -0.3 is 19.3 Å². The van der Waals surface area contributed by atoms with Gasteiger partial charge in [-0.1, -0.05) is 42.0 Å². The molecule has 3 rings (SSSR count). The molecule has 4 nitrogen and oxygen atoms in total. The molecule has 0 spiro atoms. The van der Waals surface area contributed by atoms with Crippen LogP contribution in [-0.4, -0.2) is 19.3 Å². The number of ether oxygens (including phenoxy) is 3. The van der Waals surface area contributed by atoms with Crippen molar-refractivity contribution in [2.24, 2.45) is 0 Å². The van der Waals surface area contributed by atoms with Gasteiger partial charge >= 0.3 is 0 Å². The molecule has 0 radical (unpaired) electrons. The highest BCUT2D eigenvalue weighted by Gasteiger charge is 2.16. The Bertz CT molecular complexity index is 870. The summed E-state index contributed by atoms with van der Waals surface area (Å²) in [5.41, 5.74) is 3.80. The molecule has 0 fully saturated rings. The zero-order chi connectivity index (χ0) is 19.2. The first-order chi connectivity index (χ1) is 13.1. The van der Waals surface area contributed by atoms with E-state index in [0.717, 1.165) is 16.9 Å². The SMILES string of the molecule is COc1ccc(C(O)c2ccc(OCc3ccc(C)cc3)cc2)c(OC)c1. The molecule has 0 aromatic heterocycles. The fourth-order valence-corrected chi connectivity index (χ4v) is 2.82. The summed E-state index contributed by atoms with van der Waals surface area (Å²) in [7, 11) is 3.17. The molecular formula is C23H24O4. The minimum absolute atomic E-state index is 0.508. The maximum absolute atomic E-state index is 10.7. The Kier molecular flexibility index (Phi) is 5.99. The Hall–Kier alpha value is -2.98. The highest BCUT2D eigenvalue weighted by Crippen LogP contribution is 2.33. The molecule has 0 bridgehead atoms. The molecule has 0 aliphatic carbocycles. The molecule has 4 heteroatoms. The van der Waals surface area contributed by atoms with Gasteiger partial charge in [0.2, 0.25) is 0 Å². The van der Waals surface area contributed by atoms with E-state index in [1.54, 1.807) is 26.4 Å². The molecule has 0 aliphatic rings. The molecule has 3 aromatic carbocycles. The molecule has 3 aromatic rings. The number of aliphatic hydroxyl groups excluding tert-OH is 1. The zero-order valence-corrected chi connectivity index (χ0v) is 15.8. The fraction of sp³-hybridized carbons (Fsp3) is 0.217. The van der Waals surface area contributed by atoms with E-state index < -0.39 is 6.10 Å².